The van der Waals surface area contributed by atoms with Crippen molar-refractivity contribution in [1.29, 1.82) is 0 Å². The Morgan fingerprint density at radius 3 is 2.30 bits per heavy atom. The Morgan fingerprint density at radius 2 is 1.65 bits per heavy atom. The van der Waals surface area contributed by atoms with Gasteiger partial charge in [-0.3, -0.25) is 9.69 Å². The molecule has 37 heavy (non-hydrogen) atoms. The van der Waals surface area contributed by atoms with Crippen molar-refractivity contribution in [3.8, 4) is 17.0 Å². The molecule has 1 aliphatic rings. The summed E-state index contributed by atoms with van der Waals surface area (Å²) in [6, 6.07) is 7.37. The summed E-state index contributed by atoms with van der Waals surface area (Å²) >= 11 is 0. The lowest BCUT2D eigenvalue weighted by Gasteiger charge is -2.25. The Kier molecular flexibility index (Phi) is 8.10. The van der Waals surface area contributed by atoms with Crippen molar-refractivity contribution in [2.24, 2.45) is 5.92 Å². The Labute approximate surface area is 213 Å². The second kappa shape index (κ2) is 11.3. The van der Waals surface area contributed by atoms with E-state index in [1.807, 2.05) is 24.3 Å². The van der Waals surface area contributed by atoms with Crippen LogP contribution in [0.5, 0.6) is 5.75 Å². The summed E-state index contributed by atoms with van der Waals surface area (Å²) in [5.74, 6) is -6.16. The van der Waals surface area contributed by atoms with Gasteiger partial charge in [-0.15, -0.1) is 0 Å². The Bertz CT molecular complexity index is 1260. The summed E-state index contributed by atoms with van der Waals surface area (Å²) in [7, 11) is 3.05. The largest absolute Gasteiger partial charge is 0.497 e. The number of hydrogen-bond acceptors (Lipinski definition) is 4. The van der Waals surface area contributed by atoms with Gasteiger partial charge in [-0.05, 0) is 49.1 Å². The number of carbonyl (C=O) groups is 1. The number of aromatic nitrogens is 2. The highest BCUT2D eigenvalue weighted by atomic mass is 19.2. The zero-order valence-corrected chi connectivity index (χ0v) is 21.1. The molecular formula is C28H29F4N3O2. The van der Waals surface area contributed by atoms with Crippen molar-refractivity contribution in [1.82, 2.24) is 9.97 Å². The third-order valence-corrected chi connectivity index (χ3v) is 7.06. The van der Waals surface area contributed by atoms with Crippen LogP contribution in [0.1, 0.15) is 48.9 Å². The Morgan fingerprint density at radius 1 is 1.00 bits per heavy atom. The third kappa shape index (κ3) is 5.60. The predicted molar refractivity (Wildman–Crippen MR) is 132 cm³/mol. The summed E-state index contributed by atoms with van der Waals surface area (Å²) in [5, 5.41) is 0. The van der Waals surface area contributed by atoms with Crippen LogP contribution >= 0.6 is 0 Å². The molecule has 0 unspecified atom stereocenters. The molecule has 5 nitrogen and oxygen atoms in total. The molecule has 0 atom stereocenters. The fraction of sp³-hybridized carbons (Fsp3) is 0.393. The number of nitrogens with zero attached hydrogens (tertiary/aromatic N) is 3. The zero-order chi connectivity index (χ0) is 26.7. The number of hydrogen-bond donors (Lipinski definition) is 0. The minimum atomic E-state index is -1.94. The van der Waals surface area contributed by atoms with Crippen LogP contribution in [0.2, 0.25) is 0 Å². The predicted octanol–water partition coefficient (Wildman–Crippen LogP) is 6.35. The number of rotatable bonds is 7. The molecule has 9 heteroatoms. The number of methoxy groups -OCH3 is 1. The molecule has 3 aromatic rings. The van der Waals surface area contributed by atoms with Gasteiger partial charge < -0.3 is 4.74 Å². The summed E-state index contributed by atoms with van der Waals surface area (Å²) in [6.45, 7) is 1.11. The molecule has 0 bridgehead atoms. The summed E-state index contributed by atoms with van der Waals surface area (Å²) in [6.07, 6.45) is 7.03. The molecule has 1 aliphatic carbocycles. The SMILES string of the molecule is COc1ccc(-c2cnc(N(C)C(=O)Cc3c(C)c(F)c(F)c(F)c3F)c(CC3CCCCC3)n2)cc1. The molecule has 1 saturated carbocycles. The van der Waals surface area contributed by atoms with Gasteiger partial charge in [0.05, 0.1) is 31.1 Å². The lowest BCUT2D eigenvalue weighted by atomic mass is 9.86. The average Bonchev–Trinajstić information content (AvgIpc) is 2.93. The van der Waals surface area contributed by atoms with E-state index in [1.165, 1.54) is 18.4 Å². The molecular weight excluding hydrogens is 486 g/mol. The van der Waals surface area contributed by atoms with E-state index in [-0.39, 0.29) is 0 Å². The fourth-order valence-electron chi connectivity index (χ4n) is 4.79. The number of halogens is 4. The van der Waals surface area contributed by atoms with Gasteiger partial charge in [-0.2, -0.15) is 0 Å². The number of ether oxygens (including phenoxy) is 1. The van der Waals surface area contributed by atoms with E-state index >= 15 is 0 Å². The van der Waals surface area contributed by atoms with E-state index in [0.29, 0.717) is 35.3 Å². The fourth-order valence-corrected chi connectivity index (χ4v) is 4.79. The van der Waals surface area contributed by atoms with E-state index in [4.69, 9.17) is 9.72 Å². The van der Waals surface area contributed by atoms with Gasteiger partial charge in [0.15, 0.2) is 29.1 Å². The number of benzene rings is 2. The average molecular weight is 516 g/mol. The molecule has 0 saturated heterocycles. The molecule has 2 aromatic carbocycles. The van der Waals surface area contributed by atoms with E-state index in [0.717, 1.165) is 38.2 Å². The summed E-state index contributed by atoms with van der Waals surface area (Å²) in [4.78, 5) is 23.7. The van der Waals surface area contributed by atoms with E-state index in [9.17, 15) is 22.4 Å². The van der Waals surface area contributed by atoms with Crippen LogP contribution in [0.25, 0.3) is 11.3 Å². The van der Waals surface area contributed by atoms with Crippen LogP contribution in [-0.2, 0) is 17.6 Å². The molecule has 0 radical (unpaired) electrons. The Balaban J connectivity index is 1.67. The van der Waals surface area contributed by atoms with Crippen LogP contribution in [-0.4, -0.2) is 30.0 Å². The topological polar surface area (TPSA) is 55.3 Å². The maximum absolute atomic E-state index is 14.4. The maximum atomic E-state index is 14.4. The first-order chi connectivity index (χ1) is 17.7. The van der Waals surface area contributed by atoms with E-state index in [2.05, 4.69) is 4.98 Å². The molecule has 1 heterocycles. The molecule has 0 spiro atoms. The van der Waals surface area contributed by atoms with Gasteiger partial charge >= 0.3 is 0 Å². The molecule has 1 amide bonds. The van der Waals surface area contributed by atoms with E-state index in [1.54, 1.807) is 13.3 Å². The second-order valence-electron chi connectivity index (χ2n) is 9.45. The van der Waals surface area contributed by atoms with Gasteiger partial charge in [-0.25, -0.2) is 27.5 Å². The second-order valence-corrected chi connectivity index (χ2v) is 9.45. The monoisotopic (exact) mass is 515 g/mol. The first kappa shape index (κ1) is 26.6. The van der Waals surface area contributed by atoms with Gasteiger partial charge in [-0.1, -0.05) is 32.1 Å². The first-order valence-electron chi connectivity index (χ1n) is 12.3. The van der Waals surface area contributed by atoms with E-state index < -0.39 is 46.7 Å². The molecule has 4 rings (SSSR count). The molecule has 1 aromatic heterocycles. The lowest BCUT2D eigenvalue weighted by Crippen LogP contribution is -2.31. The third-order valence-electron chi connectivity index (χ3n) is 7.06. The number of likely N-dealkylation sites (N-methyl/N-ethyl adjacent to an activating group) is 1. The van der Waals surface area contributed by atoms with Crippen molar-refractivity contribution >= 4 is 11.7 Å². The van der Waals surface area contributed by atoms with Crippen LogP contribution in [0.3, 0.4) is 0 Å². The zero-order valence-electron chi connectivity index (χ0n) is 21.1. The molecule has 0 N–H and O–H groups in total. The highest BCUT2D eigenvalue weighted by molar-refractivity contribution is 5.94. The van der Waals surface area contributed by atoms with Gasteiger partial charge in [0.1, 0.15) is 5.75 Å². The number of carbonyl (C=O) groups excluding carboxylic acids is 1. The molecule has 196 valence electrons. The van der Waals surface area contributed by atoms with Crippen LogP contribution < -0.4 is 9.64 Å². The summed E-state index contributed by atoms with van der Waals surface area (Å²) < 4.78 is 61.1. The number of anilines is 1. The van der Waals surface area contributed by atoms with Gasteiger partial charge in [0.2, 0.25) is 5.91 Å². The summed E-state index contributed by atoms with van der Waals surface area (Å²) in [5.41, 5.74) is 1.10. The minimum Gasteiger partial charge on any atom is -0.497 e. The highest BCUT2D eigenvalue weighted by Gasteiger charge is 2.27. The normalized spacial score (nSPS) is 14.0. The van der Waals surface area contributed by atoms with Crippen molar-refractivity contribution in [3.05, 3.63) is 70.6 Å². The van der Waals surface area contributed by atoms with Crippen LogP contribution in [0.15, 0.2) is 30.5 Å². The molecule has 1 fully saturated rings. The molecule has 0 aliphatic heterocycles. The van der Waals surface area contributed by atoms with Crippen LogP contribution in [0, 0.1) is 36.1 Å². The maximum Gasteiger partial charge on any atom is 0.232 e. The van der Waals surface area contributed by atoms with Crippen molar-refractivity contribution < 1.29 is 27.1 Å². The van der Waals surface area contributed by atoms with Crippen molar-refractivity contribution in [3.63, 3.8) is 0 Å². The smallest absolute Gasteiger partial charge is 0.232 e. The first-order valence-corrected chi connectivity index (χ1v) is 12.3. The van der Waals surface area contributed by atoms with Gasteiger partial charge in [0, 0.05) is 18.2 Å². The lowest BCUT2D eigenvalue weighted by molar-refractivity contribution is -0.117. The van der Waals surface area contributed by atoms with Crippen molar-refractivity contribution in [2.75, 3.05) is 19.1 Å². The van der Waals surface area contributed by atoms with Crippen molar-refractivity contribution in [2.45, 2.75) is 51.9 Å². The van der Waals surface area contributed by atoms with Crippen LogP contribution in [0.4, 0.5) is 23.4 Å². The standard InChI is InChI=1S/C28H29F4N3O2/c1-16-20(25(30)27(32)26(31)24(16)29)14-23(36)35(2)28-21(13-17-7-5-4-6-8-17)34-22(15-33-28)18-9-11-19(37-3)12-10-18/h9-12,15,17H,4-8,13-14H2,1-3H3. The quantitative estimate of drug-likeness (QED) is 0.209. The van der Waals surface area contributed by atoms with Gasteiger partial charge in [0.25, 0.3) is 0 Å². The highest BCUT2D eigenvalue weighted by Crippen LogP contribution is 2.31. The number of amides is 1. The minimum absolute atomic E-state index is 0.300. The Hall–Kier alpha value is -3.49.